The minimum absolute atomic E-state index is 0.193. The fourth-order valence-electron chi connectivity index (χ4n) is 4.50. The second-order valence-corrected chi connectivity index (χ2v) is 11.9. The van der Waals surface area contributed by atoms with Gasteiger partial charge in [-0.15, -0.1) is 0 Å². The largest absolute Gasteiger partial charge is 0.518 e. The molecule has 5 heteroatoms. The van der Waals surface area contributed by atoms with Crippen molar-refractivity contribution in [2.75, 3.05) is 26.4 Å². The topological polar surface area (TPSA) is 39.7 Å². The molecule has 0 aliphatic rings. The Morgan fingerprint density at radius 1 is 0.500 bits per heavy atom. The highest BCUT2D eigenvalue weighted by Gasteiger charge is 2.48. The zero-order valence-electron chi connectivity index (χ0n) is 22.7. The summed E-state index contributed by atoms with van der Waals surface area (Å²) in [4.78, 5) is 0. The van der Waals surface area contributed by atoms with E-state index in [9.17, 15) is 0 Å². The van der Waals surface area contributed by atoms with E-state index < -0.39 is 8.80 Å². The fourth-order valence-corrected chi connectivity index (χ4v) is 7.45. The van der Waals surface area contributed by atoms with Gasteiger partial charge in [0.25, 0.3) is 0 Å². The van der Waals surface area contributed by atoms with Crippen molar-refractivity contribution < 1.29 is 13.3 Å². The molecular formula is C27H59NO3Si. The minimum atomic E-state index is -2.65. The summed E-state index contributed by atoms with van der Waals surface area (Å²) in [6, 6.07) is 0. The summed E-state index contributed by atoms with van der Waals surface area (Å²) in [6.07, 6.45) is 23.5. The maximum Gasteiger partial charge on any atom is 0.518 e. The molecule has 32 heavy (non-hydrogen) atoms. The van der Waals surface area contributed by atoms with Crippen molar-refractivity contribution in [2.24, 2.45) is 0 Å². The molecule has 0 aromatic heterocycles. The van der Waals surface area contributed by atoms with E-state index in [1.807, 2.05) is 20.8 Å². The van der Waals surface area contributed by atoms with Crippen LogP contribution < -0.4 is 5.32 Å². The molecule has 4 nitrogen and oxygen atoms in total. The van der Waals surface area contributed by atoms with Gasteiger partial charge in [0.1, 0.15) is 0 Å². The molecule has 0 radical (unpaired) electrons. The number of nitrogens with one attached hydrogen (secondary N) is 1. The van der Waals surface area contributed by atoms with E-state index in [1.54, 1.807) is 0 Å². The van der Waals surface area contributed by atoms with Crippen molar-refractivity contribution in [2.45, 2.75) is 149 Å². The molecule has 1 N–H and O–H groups in total. The molecule has 0 rings (SSSR count). The lowest BCUT2D eigenvalue weighted by molar-refractivity contribution is 0.0573. The molecule has 0 aromatic carbocycles. The Morgan fingerprint density at radius 2 is 0.844 bits per heavy atom. The van der Waals surface area contributed by atoms with Crippen molar-refractivity contribution in [1.29, 1.82) is 0 Å². The Balaban J connectivity index is 3.68. The van der Waals surface area contributed by atoms with Crippen LogP contribution in [0.5, 0.6) is 0 Å². The first kappa shape index (κ1) is 32.1. The lowest BCUT2D eigenvalue weighted by atomic mass is 10.0. The van der Waals surface area contributed by atoms with Crippen molar-refractivity contribution in [3.05, 3.63) is 0 Å². The molecule has 0 bridgehead atoms. The van der Waals surface area contributed by atoms with Crippen LogP contribution in [-0.2, 0) is 13.3 Å². The molecule has 0 aliphatic carbocycles. The minimum Gasteiger partial charge on any atom is -0.373 e. The lowest BCUT2D eigenvalue weighted by Crippen LogP contribution is -2.62. The molecule has 0 amide bonds. The molecule has 0 saturated heterocycles. The summed E-state index contributed by atoms with van der Waals surface area (Å²) in [5.74, 6) is 0. The Bertz CT molecular complexity index is 354. The van der Waals surface area contributed by atoms with Gasteiger partial charge in [-0.05, 0) is 40.2 Å². The van der Waals surface area contributed by atoms with Gasteiger partial charge >= 0.3 is 8.80 Å². The van der Waals surface area contributed by atoms with Crippen LogP contribution in [0.3, 0.4) is 0 Å². The highest BCUT2D eigenvalue weighted by molar-refractivity contribution is 6.62. The maximum absolute atomic E-state index is 6.08. The Labute approximate surface area is 203 Å². The van der Waals surface area contributed by atoms with Gasteiger partial charge in [-0.25, -0.2) is 0 Å². The average molecular weight is 474 g/mol. The third kappa shape index (κ3) is 16.6. The number of hydrogen-bond donors (Lipinski definition) is 1. The van der Waals surface area contributed by atoms with Crippen LogP contribution >= 0.6 is 0 Å². The van der Waals surface area contributed by atoms with E-state index >= 15 is 0 Å². The van der Waals surface area contributed by atoms with E-state index in [0.717, 1.165) is 13.0 Å². The van der Waals surface area contributed by atoms with Crippen LogP contribution in [0.15, 0.2) is 0 Å². The van der Waals surface area contributed by atoms with Gasteiger partial charge in [-0.2, -0.15) is 0 Å². The van der Waals surface area contributed by atoms with E-state index in [1.165, 1.54) is 103 Å². The lowest BCUT2D eigenvalue weighted by Gasteiger charge is -2.35. The van der Waals surface area contributed by atoms with Crippen molar-refractivity contribution in [3.63, 3.8) is 0 Å². The molecular weight excluding hydrogens is 414 g/mol. The third-order valence-electron chi connectivity index (χ3n) is 6.29. The van der Waals surface area contributed by atoms with Gasteiger partial charge in [-0.1, -0.05) is 110 Å². The highest BCUT2D eigenvalue weighted by Crippen LogP contribution is 2.18. The highest BCUT2D eigenvalue weighted by atomic mass is 28.4. The van der Waals surface area contributed by atoms with Crippen LogP contribution in [0.2, 0.25) is 0 Å². The number of unbranched alkanes of at least 4 members (excludes halogenated alkanes) is 15. The van der Waals surface area contributed by atoms with E-state index in [4.69, 9.17) is 13.3 Å². The quantitative estimate of drug-likeness (QED) is 0.101. The van der Waals surface area contributed by atoms with Crippen molar-refractivity contribution in [3.8, 4) is 0 Å². The molecule has 0 aliphatic heterocycles. The second kappa shape index (κ2) is 24.2. The summed E-state index contributed by atoms with van der Waals surface area (Å²) in [6.45, 7) is 13.5. The SMILES string of the molecule is CCCCCCCCCCCCCCCCCCNC(CC)[Si](OCC)(OCC)OCC. The van der Waals surface area contributed by atoms with Gasteiger partial charge in [0.2, 0.25) is 0 Å². The molecule has 0 heterocycles. The van der Waals surface area contributed by atoms with Crippen LogP contribution in [0.4, 0.5) is 0 Å². The molecule has 0 spiro atoms. The second-order valence-electron chi connectivity index (χ2n) is 9.12. The summed E-state index contributed by atoms with van der Waals surface area (Å²) in [7, 11) is -2.65. The molecule has 0 fully saturated rings. The van der Waals surface area contributed by atoms with Crippen molar-refractivity contribution in [1.82, 2.24) is 5.32 Å². The zero-order valence-corrected chi connectivity index (χ0v) is 23.7. The average Bonchev–Trinajstić information content (AvgIpc) is 2.79. The van der Waals surface area contributed by atoms with Crippen LogP contribution in [0.1, 0.15) is 144 Å². The Morgan fingerprint density at radius 3 is 1.16 bits per heavy atom. The summed E-state index contributed by atoms with van der Waals surface area (Å²) in [5.41, 5.74) is 0.193. The summed E-state index contributed by atoms with van der Waals surface area (Å²) in [5, 5.41) is 3.70. The molecule has 0 saturated carbocycles. The monoisotopic (exact) mass is 473 g/mol. The number of rotatable bonds is 26. The van der Waals surface area contributed by atoms with E-state index in [-0.39, 0.29) is 5.67 Å². The van der Waals surface area contributed by atoms with Gasteiger partial charge in [0, 0.05) is 19.8 Å². The van der Waals surface area contributed by atoms with E-state index in [0.29, 0.717) is 19.8 Å². The molecule has 1 unspecified atom stereocenters. The predicted octanol–water partition coefficient (Wildman–Crippen LogP) is 8.20. The van der Waals surface area contributed by atoms with Crippen LogP contribution in [0, 0.1) is 0 Å². The fraction of sp³-hybridized carbons (Fsp3) is 1.00. The van der Waals surface area contributed by atoms with Crippen LogP contribution in [0.25, 0.3) is 0 Å². The zero-order chi connectivity index (χ0) is 23.8. The Hall–Kier alpha value is 0.0569. The smallest absolute Gasteiger partial charge is 0.373 e. The molecule has 1 atom stereocenters. The van der Waals surface area contributed by atoms with E-state index in [2.05, 4.69) is 19.2 Å². The van der Waals surface area contributed by atoms with Gasteiger partial charge < -0.3 is 18.6 Å². The number of hydrogen-bond acceptors (Lipinski definition) is 4. The standard InChI is InChI=1S/C27H59NO3Si/c1-6-11-12-13-14-15-16-17-18-19-20-21-22-23-24-25-26-28-27(7-2)32(29-8-3,30-9-4)31-10-5/h27-28H,6-26H2,1-5H3. The molecule has 194 valence electrons. The van der Waals surface area contributed by atoms with Gasteiger partial charge in [0.15, 0.2) is 0 Å². The third-order valence-corrected chi connectivity index (χ3v) is 9.83. The van der Waals surface area contributed by atoms with Gasteiger partial charge in [-0.3, -0.25) is 0 Å². The first-order valence-corrected chi connectivity index (χ1v) is 16.2. The maximum atomic E-state index is 6.08. The first-order valence-electron chi connectivity index (χ1n) is 14.4. The van der Waals surface area contributed by atoms with Gasteiger partial charge in [0.05, 0.1) is 5.67 Å². The first-order chi connectivity index (χ1) is 15.7. The summed E-state index contributed by atoms with van der Waals surface area (Å²) < 4.78 is 18.2. The normalized spacial score (nSPS) is 13.0. The molecule has 0 aromatic rings. The predicted molar refractivity (Wildman–Crippen MR) is 142 cm³/mol. The van der Waals surface area contributed by atoms with Crippen LogP contribution in [-0.4, -0.2) is 40.8 Å². The Kier molecular flexibility index (Phi) is 24.2. The van der Waals surface area contributed by atoms with Crippen molar-refractivity contribution >= 4 is 8.80 Å². The summed E-state index contributed by atoms with van der Waals surface area (Å²) >= 11 is 0.